The third kappa shape index (κ3) is 3.38. The molecule has 4 nitrogen and oxygen atoms in total. The summed E-state index contributed by atoms with van der Waals surface area (Å²) in [7, 11) is 0. The van der Waals surface area contributed by atoms with E-state index in [0.717, 1.165) is 24.8 Å². The van der Waals surface area contributed by atoms with Crippen LogP contribution in [-0.2, 0) is 4.79 Å². The molecular weight excluding hydrogens is 254 g/mol. The first-order valence-electron chi connectivity index (χ1n) is 7.28. The molecule has 2 rings (SSSR count). The zero-order chi connectivity index (χ0) is 14.4. The molecule has 1 aromatic carbocycles. The van der Waals surface area contributed by atoms with Gasteiger partial charge < -0.3 is 9.64 Å². The van der Waals surface area contributed by atoms with Crippen molar-refractivity contribution >= 4 is 17.9 Å². The third-order valence-corrected chi connectivity index (χ3v) is 3.55. The molecule has 0 unspecified atom stereocenters. The topological polar surface area (TPSA) is 46.6 Å². The predicted molar refractivity (Wildman–Crippen MR) is 78.4 cm³/mol. The molecule has 1 heterocycles. The first-order chi connectivity index (χ1) is 9.76. The van der Waals surface area contributed by atoms with E-state index >= 15 is 0 Å². The molecule has 0 bridgehead atoms. The van der Waals surface area contributed by atoms with Gasteiger partial charge in [0.1, 0.15) is 12.0 Å². The molecule has 0 spiro atoms. The molecule has 0 fully saturated rings. The van der Waals surface area contributed by atoms with Gasteiger partial charge >= 0.3 is 0 Å². The Morgan fingerprint density at radius 2 is 2.05 bits per heavy atom. The van der Waals surface area contributed by atoms with Gasteiger partial charge in [-0.1, -0.05) is 32.6 Å². The fourth-order valence-electron chi connectivity index (χ4n) is 2.41. The van der Waals surface area contributed by atoms with Gasteiger partial charge in [0.05, 0.1) is 5.69 Å². The van der Waals surface area contributed by atoms with E-state index in [1.807, 2.05) is 0 Å². The number of rotatable bonds is 7. The zero-order valence-corrected chi connectivity index (χ0v) is 11.9. The van der Waals surface area contributed by atoms with Crippen LogP contribution in [0.1, 0.15) is 49.4 Å². The number of aldehydes is 1. The lowest BCUT2D eigenvalue weighted by Crippen LogP contribution is -2.39. The van der Waals surface area contributed by atoms with Gasteiger partial charge in [0.15, 0.2) is 6.61 Å². The molecule has 0 saturated heterocycles. The number of unbranched alkanes of at least 4 members (excludes halogenated alkanes) is 4. The number of hydrogen-bond acceptors (Lipinski definition) is 3. The van der Waals surface area contributed by atoms with E-state index in [-0.39, 0.29) is 12.5 Å². The van der Waals surface area contributed by atoms with Crippen LogP contribution in [0, 0.1) is 0 Å². The Labute approximate surface area is 119 Å². The summed E-state index contributed by atoms with van der Waals surface area (Å²) < 4.78 is 5.40. The van der Waals surface area contributed by atoms with Crippen molar-refractivity contribution < 1.29 is 14.3 Å². The lowest BCUT2D eigenvalue weighted by Gasteiger charge is -2.29. The van der Waals surface area contributed by atoms with Gasteiger partial charge in [0, 0.05) is 12.1 Å². The van der Waals surface area contributed by atoms with Crippen molar-refractivity contribution in [1.29, 1.82) is 0 Å². The quantitative estimate of drug-likeness (QED) is 0.567. The highest BCUT2D eigenvalue weighted by Crippen LogP contribution is 2.32. The van der Waals surface area contributed by atoms with Crippen molar-refractivity contribution in [2.75, 3.05) is 18.1 Å². The molecule has 1 aliphatic rings. The van der Waals surface area contributed by atoms with Crippen LogP contribution < -0.4 is 9.64 Å². The SMILES string of the molecule is CCCCCCCN1C(=O)COc2ccc(C=O)cc21. The van der Waals surface area contributed by atoms with E-state index < -0.39 is 0 Å². The van der Waals surface area contributed by atoms with Crippen LogP contribution in [0.5, 0.6) is 5.75 Å². The van der Waals surface area contributed by atoms with Gasteiger partial charge in [0.25, 0.3) is 5.91 Å². The molecular formula is C16H21NO3. The second-order valence-corrected chi connectivity index (χ2v) is 5.09. The van der Waals surface area contributed by atoms with Crippen molar-refractivity contribution in [2.45, 2.75) is 39.0 Å². The molecule has 1 amide bonds. The fourth-order valence-corrected chi connectivity index (χ4v) is 2.41. The maximum atomic E-state index is 12.0. The van der Waals surface area contributed by atoms with E-state index in [1.165, 1.54) is 19.3 Å². The van der Waals surface area contributed by atoms with Crippen LogP contribution in [0.25, 0.3) is 0 Å². The Balaban J connectivity index is 2.04. The predicted octanol–water partition coefficient (Wildman–Crippen LogP) is 3.19. The first-order valence-corrected chi connectivity index (χ1v) is 7.28. The molecule has 0 saturated carbocycles. The number of carbonyl (C=O) groups excluding carboxylic acids is 2. The average Bonchev–Trinajstić information content (AvgIpc) is 2.48. The van der Waals surface area contributed by atoms with Crippen molar-refractivity contribution in [3.63, 3.8) is 0 Å². The molecule has 0 radical (unpaired) electrons. The number of hydrogen-bond donors (Lipinski definition) is 0. The average molecular weight is 275 g/mol. The van der Waals surface area contributed by atoms with E-state index in [2.05, 4.69) is 6.92 Å². The molecule has 1 aliphatic heterocycles. The monoisotopic (exact) mass is 275 g/mol. The number of fused-ring (bicyclic) bond motifs is 1. The minimum absolute atomic E-state index is 0.0314. The zero-order valence-electron chi connectivity index (χ0n) is 11.9. The maximum Gasteiger partial charge on any atom is 0.265 e. The van der Waals surface area contributed by atoms with Crippen LogP contribution in [0.3, 0.4) is 0 Å². The first kappa shape index (κ1) is 14.6. The number of ether oxygens (including phenoxy) is 1. The molecule has 0 N–H and O–H groups in total. The van der Waals surface area contributed by atoms with Crippen LogP contribution in [0.2, 0.25) is 0 Å². The number of benzene rings is 1. The molecule has 1 aromatic rings. The largest absolute Gasteiger partial charge is 0.482 e. The minimum atomic E-state index is -0.0314. The summed E-state index contributed by atoms with van der Waals surface area (Å²) in [4.78, 5) is 24.6. The Kier molecular flexibility index (Phi) is 5.16. The number of carbonyl (C=O) groups is 2. The van der Waals surface area contributed by atoms with Crippen molar-refractivity contribution in [2.24, 2.45) is 0 Å². The van der Waals surface area contributed by atoms with Gasteiger partial charge in [-0.25, -0.2) is 0 Å². The van der Waals surface area contributed by atoms with Gasteiger partial charge in [-0.3, -0.25) is 9.59 Å². The Morgan fingerprint density at radius 1 is 1.25 bits per heavy atom. The molecule has 4 heteroatoms. The standard InChI is InChI=1S/C16H21NO3/c1-2-3-4-5-6-9-17-14-10-13(11-18)7-8-15(14)20-12-16(17)19/h7-8,10-11H,2-6,9,12H2,1H3. The van der Waals surface area contributed by atoms with E-state index in [4.69, 9.17) is 4.74 Å². The summed E-state index contributed by atoms with van der Waals surface area (Å²) in [6, 6.07) is 5.20. The van der Waals surface area contributed by atoms with E-state index in [1.54, 1.807) is 23.1 Å². The van der Waals surface area contributed by atoms with Gasteiger partial charge in [0.2, 0.25) is 0 Å². The minimum Gasteiger partial charge on any atom is -0.482 e. The summed E-state index contributed by atoms with van der Waals surface area (Å²) in [5, 5.41) is 0. The molecule has 108 valence electrons. The molecule has 20 heavy (non-hydrogen) atoms. The second kappa shape index (κ2) is 7.08. The third-order valence-electron chi connectivity index (χ3n) is 3.55. The van der Waals surface area contributed by atoms with Crippen molar-refractivity contribution in [1.82, 2.24) is 0 Å². The van der Waals surface area contributed by atoms with Crippen molar-refractivity contribution in [3.05, 3.63) is 23.8 Å². The number of anilines is 1. The Hall–Kier alpha value is -1.84. The van der Waals surface area contributed by atoms with Gasteiger partial charge in [-0.05, 0) is 24.6 Å². The fraction of sp³-hybridized carbons (Fsp3) is 0.500. The lowest BCUT2D eigenvalue weighted by molar-refractivity contribution is -0.121. The highest BCUT2D eigenvalue weighted by molar-refractivity contribution is 5.98. The summed E-state index contributed by atoms with van der Waals surface area (Å²) in [6.45, 7) is 2.96. The maximum absolute atomic E-state index is 12.0. The van der Waals surface area contributed by atoms with Gasteiger partial charge in [-0.2, -0.15) is 0 Å². The second-order valence-electron chi connectivity index (χ2n) is 5.09. The molecule has 0 atom stereocenters. The lowest BCUT2D eigenvalue weighted by atomic mass is 10.1. The van der Waals surface area contributed by atoms with E-state index in [0.29, 0.717) is 17.9 Å². The molecule has 0 aliphatic carbocycles. The number of nitrogens with zero attached hydrogens (tertiary/aromatic N) is 1. The summed E-state index contributed by atoms with van der Waals surface area (Å²) in [5.41, 5.74) is 1.29. The van der Waals surface area contributed by atoms with E-state index in [9.17, 15) is 9.59 Å². The van der Waals surface area contributed by atoms with Crippen LogP contribution in [0.4, 0.5) is 5.69 Å². The highest BCUT2D eigenvalue weighted by Gasteiger charge is 2.25. The van der Waals surface area contributed by atoms with Gasteiger partial charge in [-0.15, -0.1) is 0 Å². The molecule has 0 aromatic heterocycles. The Bertz CT molecular complexity index is 485. The van der Waals surface area contributed by atoms with Crippen LogP contribution in [-0.4, -0.2) is 25.3 Å². The summed E-state index contributed by atoms with van der Waals surface area (Å²) in [6.07, 6.45) is 6.55. The normalized spacial score (nSPS) is 13.8. The smallest absolute Gasteiger partial charge is 0.265 e. The van der Waals surface area contributed by atoms with Crippen LogP contribution in [0.15, 0.2) is 18.2 Å². The number of amides is 1. The highest BCUT2D eigenvalue weighted by atomic mass is 16.5. The van der Waals surface area contributed by atoms with Crippen LogP contribution >= 0.6 is 0 Å². The Morgan fingerprint density at radius 3 is 2.80 bits per heavy atom. The van der Waals surface area contributed by atoms with Crippen molar-refractivity contribution in [3.8, 4) is 5.75 Å². The summed E-state index contributed by atoms with van der Waals surface area (Å²) >= 11 is 0. The summed E-state index contributed by atoms with van der Waals surface area (Å²) in [5.74, 6) is 0.653.